The topological polar surface area (TPSA) is 48.7 Å². The minimum absolute atomic E-state index is 0.0903. The Labute approximate surface area is 144 Å². The zero-order valence-corrected chi connectivity index (χ0v) is 14.5. The zero-order valence-electron chi connectivity index (χ0n) is 14.5. The zero-order chi connectivity index (χ0) is 16.4. The van der Waals surface area contributed by atoms with E-state index in [1.807, 2.05) is 0 Å². The predicted octanol–water partition coefficient (Wildman–Crippen LogP) is 2.21. The number of piperidine rings is 4. The van der Waals surface area contributed by atoms with Gasteiger partial charge in [0.05, 0.1) is 6.26 Å². The number of amides is 1. The molecule has 4 aliphatic heterocycles. The molecule has 0 spiro atoms. The number of nitrogens with one attached hydrogen (secondary N) is 1. The smallest absolute Gasteiger partial charge is 0.287 e. The maximum absolute atomic E-state index is 12.1. The van der Waals surface area contributed by atoms with Crippen LogP contribution in [-0.2, 0) is 0 Å². The molecule has 132 valence electrons. The Morgan fingerprint density at radius 2 is 2.12 bits per heavy atom. The number of likely N-dealkylation sites (tertiary alicyclic amines) is 1. The second-order valence-corrected chi connectivity index (χ2v) is 7.74. The lowest BCUT2D eigenvalue weighted by Gasteiger charge is -2.51. The third kappa shape index (κ3) is 3.52. The Morgan fingerprint density at radius 1 is 1.25 bits per heavy atom. The molecule has 5 heteroatoms. The van der Waals surface area contributed by atoms with E-state index in [1.54, 1.807) is 18.4 Å². The number of furan rings is 1. The predicted molar refractivity (Wildman–Crippen MR) is 92.9 cm³/mol. The van der Waals surface area contributed by atoms with Crippen LogP contribution in [0, 0.1) is 11.8 Å². The summed E-state index contributed by atoms with van der Waals surface area (Å²) in [6, 6.07) is 3.98. The molecule has 4 aliphatic rings. The van der Waals surface area contributed by atoms with Gasteiger partial charge in [-0.05, 0) is 69.3 Å². The van der Waals surface area contributed by atoms with Crippen molar-refractivity contribution in [3.05, 3.63) is 24.2 Å². The molecule has 0 aliphatic carbocycles. The summed E-state index contributed by atoms with van der Waals surface area (Å²) >= 11 is 0. The van der Waals surface area contributed by atoms with Crippen molar-refractivity contribution in [1.29, 1.82) is 0 Å². The monoisotopic (exact) mass is 331 g/mol. The molecule has 4 saturated heterocycles. The van der Waals surface area contributed by atoms with Gasteiger partial charge in [-0.3, -0.25) is 9.69 Å². The molecule has 0 aromatic carbocycles. The van der Waals surface area contributed by atoms with E-state index in [0.29, 0.717) is 11.8 Å². The van der Waals surface area contributed by atoms with Gasteiger partial charge in [-0.15, -0.1) is 0 Å². The molecule has 1 amide bonds. The van der Waals surface area contributed by atoms with Crippen molar-refractivity contribution in [1.82, 2.24) is 15.1 Å². The molecule has 5 rings (SSSR count). The summed E-state index contributed by atoms with van der Waals surface area (Å²) in [5.41, 5.74) is 0. The molecule has 4 atom stereocenters. The maximum atomic E-state index is 12.1. The Bertz CT molecular complexity index is 539. The van der Waals surface area contributed by atoms with Crippen LogP contribution in [0.4, 0.5) is 0 Å². The van der Waals surface area contributed by atoms with Crippen LogP contribution in [0.1, 0.15) is 42.7 Å². The lowest BCUT2D eigenvalue weighted by molar-refractivity contribution is -0.0135. The number of carbonyl (C=O) groups excluding carboxylic acids is 1. The van der Waals surface area contributed by atoms with Gasteiger partial charge in [-0.1, -0.05) is 6.42 Å². The number of rotatable bonds is 5. The molecule has 1 N–H and O–H groups in total. The van der Waals surface area contributed by atoms with Crippen molar-refractivity contribution in [3.63, 3.8) is 0 Å². The third-order valence-electron chi connectivity index (χ3n) is 6.20. The average molecular weight is 331 g/mol. The quantitative estimate of drug-likeness (QED) is 0.899. The molecule has 2 bridgehead atoms. The first kappa shape index (κ1) is 16.2. The molecular formula is C19H29N3O2. The fourth-order valence-electron chi connectivity index (χ4n) is 4.85. The Balaban J connectivity index is 1.27. The van der Waals surface area contributed by atoms with E-state index in [1.165, 1.54) is 64.8 Å². The molecule has 4 fully saturated rings. The van der Waals surface area contributed by atoms with Crippen LogP contribution in [0.25, 0.3) is 0 Å². The normalized spacial score (nSPS) is 33.5. The first-order valence-electron chi connectivity index (χ1n) is 9.58. The first-order valence-corrected chi connectivity index (χ1v) is 9.58. The van der Waals surface area contributed by atoms with E-state index in [2.05, 4.69) is 15.1 Å². The first-order chi connectivity index (χ1) is 11.8. The van der Waals surface area contributed by atoms with Crippen molar-refractivity contribution in [3.8, 4) is 0 Å². The van der Waals surface area contributed by atoms with E-state index < -0.39 is 0 Å². The van der Waals surface area contributed by atoms with E-state index in [0.717, 1.165) is 18.4 Å². The molecule has 0 saturated carbocycles. The number of nitrogens with zero attached hydrogens (tertiary/aromatic N) is 2. The summed E-state index contributed by atoms with van der Waals surface area (Å²) in [5, 5.41) is 3.05. The molecule has 1 aromatic heterocycles. The van der Waals surface area contributed by atoms with Crippen molar-refractivity contribution in [2.75, 3.05) is 39.3 Å². The number of hydrogen-bond acceptors (Lipinski definition) is 4. The Hall–Kier alpha value is -1.33. The van der Waals surface area contributed by atoms with Crippen LogP contribution < -0.4 is 5.32 Å². The lowest BCUT2D eigenvalue weighted by Crippen LogP contribution is -2.58. The van der Waals surface area contributed by atoms with Crippen LogP contribution in [0.5, 0.6) is 0 Å². The number of fused-ring (bicyclic) bond motifs is 3. The van der Waals surface area contributed by atoms with Crippen molar-refractivity contribution in [2.24, 2.45) is 11.8 Å². The van der Waals surface area contributed by atoms with E-state index >= 15 is 0 Å². The van der Waals surface area contributed by atoms with Crippen LogP contribution in [0.2, 0.25) is 0 Å². The van der Waals surface area contributed by atoms with Crippen LogP contribution in [0.15, 0.2) is 22.8 Å². The molecule has 4 unspecified atom stereocenters. The van der Waals surface area contributed by atoms with Crippen molar-refractivity contribution in [2.45, 2.75) is 38.1 Å². The lowest BCUT2D eigenvalue weighted by atomic mass is 9.75. The summed E-state index contributed by atoms with van der Waals surface area (Å²) < 4.78 is 5.17. The molecule has 5 nitrogen and oxygen atoms in total. The van der Waals surface area contributed by atoms with E-state index in [4.69, 9.17) is 4.42 Å². The Kier molecular flexibility index (Phi) is 4.90. The van der Waals surface area contributed by atoms with Crippen LogP contribution >= 0.6 is 0 Å². The van der Waals surface area contributed by atoms with Crippen molar-refractivity contribution >= 4 is 5.91 Å². The van der Waals surface area contributed by atoms with Gasteiger partial charge in [-0.25, -0.2) is 0 Å². The molecule has 24 heavy (non-hydrogen) atoms. The van der Waals surface area contributed by atoms with Gasteiger partial charge in [0.25, 0.3) is 5.91 Å². The SMILES string of the molecule is O=C(NCC1CC2CCN1CC2CN1CCCCC1)c1ccco1. The van der Waals surface area contributed by atoms with Gasteiger partial charge in [0, 0.05) is 25.7 Å². The van der Waals surface area contributed by atoms with Crippen LogP contribution in [0.3, 0.4) is 0 Å². The summed E-state index contributed by atoms with van der Waals surface area (Å²) in [4.78, 5) is 17.3. The highest BCUT2D eigenvalue weighted by Crippen LogP contribution is 2.36. The van der Waals surface area contributed by atoms with Gasteiger partial charge in [0.1, 0.15) is 0 Å². The number of hydrogen-bond donors (Lipinski definition) is 1. The second-order valence-electron chi connectivity index (χ2n) is 7.74. The van der Waals surface area contributed by atoms with E-state index in [9.17, 15) is 4.79 Å². The Morgan fingerprint density at radius 3 is 2.83 bits per heavy atom. The number of carbonyl (C=O) groups is 1. The van der Waals surface area contributed by atoms with Gasteiger partial charge in [0.2, 0.25) is 0 Å². The van der Waals surface area contributed by atoms with Gasteiger partial charge < -0.3 is 14.6 Å². The highest BCUT2D eigenvalue weighted by atomic mass is 16.3. The standard InChI is InChI=1S/C19H29N3O2/c23-19(18-5-4-10-24-18)20-12-17-11-15-6-9-22(17)14-16(15)13-21-7-2-1-3-8-21/h4-5,10,15-17H,1-3,6-9,11-14H2,(H,20,23). The maximum Gasteiger partial charge on any atom is 0.287 e. The second kappa shape index (κ2) is 7.28. The summed E-state index contributed by atoms with van der Waals surface area (Å²) in [6.07, 6.45) is 8.28. The molecule has 5 heterocycles. The van der Waals surface area contributed by atoms with Gasteiger partial charge >= 0.3 is 0 Å². The van der Waals surface area contributed by atoms with Gasteiger partial charge in [-0.2, -0.15) is 0 Å². The summed E-state index contributed by atoms with van der Waals surface area (Å²) in [7, 11) is 0. The van der Waals surface area contributed by atoms with E-state index in [-0.39, 0.29) is 5.91 Å². The summed E-state index contributed by atoms with van der Waals surface area (Å²) in [5.74, 6) is 1.98. The summed E-state index contributed by atoms with van der Waals surface area (Å²) in [6.45, 7) is 7.03. The fourth-order valence-corrected chi connectivity index (χ4v) is 4.85. The van der Waals surface area contributed by atoms with Gasteiger partial charge in [0.15, 0.2) is 5.76 Å². The minimum Gasteiger partial charge on any atom is -0.459 e. The third-order valence-corrected chi connectivity index (χ3v) is 6.20. The average Bonchev–Trinajstić information content (AvgIpc) is 3.16. The highest BCUT2D eigenvalue weighted by Gasteiger charge is 2.40. The van der Waals surface area contributed by atoms with Crippen LogP contribution in [-0.4, -0.2) is 61.0 Å². The van der Waals surface area contributed by atoms with Crippen molar-refractivity contribution < 1.29 is 9.21 Å². The minimum atomic E-state index is -0.0903. The fraction of sp³-hybridized carbons (Fsp3) is 0.737. The largest absolute Gasteiger partial charge is 0.459 e. The molecule has 0 radical (unpaired) electrons. The highest BCUT2D eigenvalue weighted by molar-refractivity contribution is 5.91. The molecular weight excluding hydrogens is 302 g/mol. The molecule has 1 aromatic rings.